The van der Waals surface area contributed by atoms with Crippen molar-refractivity contribution in [2.45, 2.75) is 140 Å². The van der Waals surface area contributed by atoms with Crippen molar-refractivity contribution < 1.29 is 56.8 Å². The molecule has 2 saturated heterocycles. The van der Waals surface area contributed by atoms with E-state index in [1.165, 1.54) is 9.80 Å². The maximum absolute atomic E-state index is 14.3. The van der Waals surface area contributed by atoms with Gasteiger partial charge in [-0.2, -0.15) is 0 Å². The number of unbranched alkanes of at least 4 members (excludes halogenated alkanes) is 2. The number of nitrogens with zero attached hydrogens (tertiary/aromatic N) is 6. The van der Waals surface area contributed by atoms with Gasteiger partial charge in [0.1, 0.15) is 62.3 Å². The number of esters is 2. The lowest BCUT2D eigenvalue weighted by Gasteiger charge is -2.35. The molecule has 4 aromatic rings. The first-order chi connectivity index (χ1) is 33.0. The molecule has 0 radical (unpaired) electrons. The third kappa shape index (κ3) is 14.4. The van der Waals surface area contributed by atoms with Gasteiger partial charge >= 0.3 is 24.1 Å². The summed E-state index contributed by atoms with van der Waals surface area (Å²) in [4.78, 5) is 84.5. The van der Waals surface area contributed by atoms with E-state index in [1.54, 1.807) is 0 Å². The Bertz CT molecular complexity index is 2140. The molecule has 0 unspecified atom stereocenters. The molecule has 68 heavy (non-hydrogen) atoms. The molecule has 7 rings (SSSR count). The van der Waals surface area contributed by atoms with Gasteiger partial charge in [0.15, 0.2) is 0 Å². The maximum Gasteiger partial charge on any atom is 0.410 e. The molecule has 1 saturated carbocycles. The number of aryl methyl sites for hydroxylation is 4. The first kappa shape index (κ1) is 49.2. The van der Waals surface area contributed by atoms with E-state index in [4.69, 9.17) is 18.9 Å². The van der Waals surface area contributed by atoms with Crippen molar-refractivity contribution >= 4 is 35.9 Å². The van der Waals surface area contributed by atoms with Crippen molar-refractivity contribution in [2.24, 2.45) is 14.1 Å². The number of amides is 4. The first-order valence-corrected chi connectivity index (χ1v) is 23.9. The molecule has 0 bridgehead atoms. The van der Waals surface area contributed by atoms with Gasteiger partial charge in [0, 0.05) is 37.8 Å². The highest BCUT2D eigenvalue weighted by Crippen LogP contribution is 2.27. The van der Waals surface area contributed by atoms with Crippen molar-refractivity contribution in [1.29, 1.82) is 0 Å². The molecule has 3 aliphatic rings. The third-order valence-corrected chi connectivity index (χ3v) is 12.8. The summed E-state index contributed by atoms with van der Waals surface area (Å²) in [6.45, 7) is 1.48. The zero-order chi connectivity index (χ0) is 47.8. The van der Waals surface area contributed by atoms with E-state index in [1.807, 2.05) is 130 Å². The average Bonchev–Trinajstić information content (AvgIpc) is 4.16. The molecule has 4 heterocycles. The van der Waals surface area contributed by atoms with Crippen LogP contribution in [0.3, 0.4) is 0 Å². The second-order valence-electron chi connectivity index (χ2n) is 18.2. The molecule has 18 nitrogen and oxygen atoms in total. The smallest absolute Gasteiger partial charge is 0.410 e. The zero-order valence-corrected chi connectivity index (χ0v) is 39.2. The minimum absolute atomic E-state index is 0.00282. The summed E-state index contributed by atoms with van der Waals surface area (Å²) >= 11 is 0. The SMILES string of the molecule is C[n+]1ccn(CCCCC(=O)O[C@@H]2C[C@@H](C(=O)N[C@@H]3CCCC[C@H]3NC(=O)[C@@H]3C[C@@H](OC(=O)CCCCn4cc[n+](C)c4)CN3C(=O)OCc3ccccc3)N(C(=O)OCc3ccccc3)C2)c1. The van der Waals surface area contributed by atoms with Crippen LogP contribution in [-0.4, -0.2) is 104 Å². The molecule has 0 spiro atoms. The summed E-state index contributed by atoms with van der Waals surface area (Å²) in [6, 6.07) is 15.4. The number of carbonyl (C=O) groups excluding carboxylic acids is 6. The summed E-state index contributed by atoms with van der Waals surface area (Å²) in [5, 5.41) is 6.23. The predicted octanol–water partition coefficient (Wildman–Crippen LogP) is 4.17. The highest BCUT2D eigenvalue weighted by Gasteiger charge is 2.45. The molecule has 3 fully saturated rings. The fourth-order valence-electron chi connectivity index (χ4n) is 9.19. The highest BCUT2D eigenvalue weighted by atomic mass is 16.6. The normalized spacial score (nSPS) is 21.2. The van der Waals surface area contributed by atoms with Crippen molar-refractivity contribution in [1.82, 2.24) is 29.6 Å². The highest BCUT2D eigenvalue weighted by molar-refractivity contribution is 5.88. The van der Waals surface area contributed by atoms with Crippen LogP contribution in [0.1, 0.15) is 88.2 Å². The molecule has 2 aromatic carbocycles. The Morgan fingerprint density at radius 3 is 1.38 bits per heavy atom. The Morgan fingerprint density at radius 1 is 0.588 bits per heavy atom. The number of rotatable bonds is 20. The van der Waals surface area contributed by atoms with Crippen LogP contribution < -0.4 is 19.8 Å². The molecular formula is C50H66N8O10+2. The summed E-state index contributed by atoms with van der Waals surface area (Å²) in [5.41, 5.74) is 1.56. The number of benzene rings is 2. The number of nitrogens with one attached hydrogen (secondary N) is 2. The Kier molecular flexibility index (Phi) is 17.6. The molecule has 4 amide bonds. The predicted molar refractivity (Wildman–Crippen MR) is 244 cm³/mol. The molecule has 6 atom stereocenters. The molecule has 2 N–H and O–H groups in total. The van der Waals surface area contributed by atoms with Gasteiger partial charge in [-0.05, 0) is 49.7 Å². The number of ether oxygens (including phenoxy) is 4. The quantitative estimate of drug-likeness (QED) is 0.0564. The van der Waals surface area contributed by atoms with Crippen LogP contribution in [-0.2, 0) is 78.5 Å². The Hall–Kier alpha value is -6.72. The molecule has 18 heteroatoms. The van der Waals surface area contributed by atoms with E-state index >= 15 is 0 Å². The van der Waals surface area contributed by atoms with Crippen molar-refractivity contribution in [2.75, 3.05) is 13.1 Å². The number of carbonyl (C=O) groups is 6. The maximum atomic E-state index is 14.3. The lowest BCUT2D eigenvalue weighted by molar-refractivity contribution is -0.671. The van der Waals surface area contributed by atoms with E-state index in [0.717, 1.165) is 49.9 Å². The average molecular weight is 939 g/mol. The summed E-state index contributed by atoms with van der Waals surface area (Å²) < 4.78 is 31.0. The van der Waals surface area contributed by atoms with Gasteiger partial charge in [0.05, 0.1) is 40.3 Å². The van der Waals surface area contributed by atoms with Crippen LogP contribution in [0.15, 0.2) is 98.1 Å². The summed E-state index contributed by atoms with van der Waals surface area (Å²) in [5.74, 6) is -1.71. The Balaban J connectivity index is 0.966. The number of hydrogen-bond acceptors (Lipinski definition) is 10. The van der Waals surface area contributed by atoms with Gasteiger partial charge in [-0.15, -0.1) is 0 Å². The van der Waals surface area contributed by atoms with Crippen LogP contribution in [0, 0.1) is 0 Å². The molecule has 2 aromatic heterocycles. The summed E-state index contributed by atoms with van der Waals surface area (Å²) in [6.07, 6.45) is 14.9. The Labute approximate surface area is 397 Å². The lowest BCUT2D eigenvalue weighted by atomic mass is 9.89. The van der Waals surface area contributed by atoms with Crippen LogP contribution in [0.4, 0.5) is 9.59 Å². The molecular weight excluding hydrogens is 873 g/mol. The topological polar surface area (TPSA) is 188 Å². The minimum atomic E-state index is -0.999. The third-order valence-electron chi connectivity index (χ3n) is 12.8. The van der Waals surface area contributed by atoms with Crippen LogP contribution in [0.5, 0.6) is 0 Å². The van der Waals surface area contributed by atoms with E-state index in [9.17, 15) is 28.8 Å². The molecule has 1 aliphatic carbocycles. The van der Waals surface area contributed by atoms with Gasteiger partial charge in [-0.25, -0.2) is 27.9 Å². The fourth-order valence-corrected chi connectivity index (χ4v) is 9.19. The van der Waals surface area contributed by atoms with Crippen molar-refractivity contribution in [3.63, 3.8) is 0 Å². The number of imidazole rings is 2. The lowest BCUT2D eigenvalue weighted by Crippen LogP contribution is -2.58. The van der Waals surface area contributed by atoms with Crippen LogP contribution in [0.2, 0.25) is 0 Å². The Morgan fingerprint density at radius 2 is 1.00 bits per heavy atom. The number of hydrogen-bond donors (Lipinski definition) is 2. The second kappa shape index (κ2) is 24.3. The standard InChI is InChI=1S/C50H64N8O10/c1-53-25-27-55(35-53)23-13-11-21-45(59)67-39-29-43(57(31-39)49(63)65-33-37-15-5-3-6-16-37)47(61)51-41-19-9-10-20-42(41)52-48(62)44-30-40(32-58(44)50(64)66-34-38-17-7-4-8-18-38)68-46(60)22-12-14-24-56-28-26-54(2)36-56/h3-8,15-18,25-28,35-36,39-44H,9-14,19-24,29-34H2,1-2H3/p+2/t39-,40-,41-,42-,43+,44+/m1/s1. The van der Waals surface area contributed by atoms with Crippen LogP contribution in [0.25, 0.3) is 0 Å². The van der Waals surface area contributed by atoms with Gasteiger partial charge in [-0.3, -0.25) is 29.0 Å². The molecule has 2 aliphatic heterocycles. The minimum Gasteiger partial charge on any atom is -0.460 e. The van der Waals surface area contributed by atoms with E-state index in [0.29, 0.717) is 25.7 Å². The number of likely N-dealkylation sites (tertiary alicyclic amines) is 2. The zero-order valence-electron chi connectivity index (χ0n) is 39.2. The first-order valence-electron chi connectivity index (χ1n) is 23.9. The monoisotopic (exact) mass is 938 g/mol. The van der Waals surface area contributed by atoms with E-state index < -0.39 is 72.3 Å². The van der Waals surface area contributed by atoms with Gasteiger partial charge < -0.3 is 29.6 Å². The van der Waals surface area contributed by atoms with Crippen LogP contribution >= 0.6 is 0 Å². The number of aromatic nitrogens is 4. The van der Waals surface area contributed by atoms with E-state index in [2.05, 4.69) is 10.6 Å². The van der Waals surface area contributed by atoms with Crippen molar-refractivity contribution in [3.8, 4) is 0 Å². The van der Waals surface area contributed by atoms with Gasteiger partial charge in [-0.1, -0.05) is 73.5 Å². The van der Waals surface area contributed by atoms with Gasteiger partial charge in [0.25, 0.3) is 0 Å². The van der Waals surface area contributed by atoms with Crippen molar-refractivity contribution in [3.05, 3.63) is 109 Å². The van der Waals surface area contributed by atoms with Gasteiger partial charge in [0.2, 0.25) is 24.5 Å². The fraction of sp³-hybridized carbons (Fsp3) is 0.520. The molecule has 364 valence electrons. The largest absolute Gasteiger partial charge is 0.460 e. The summed E-state index contributed by atoms with van der Waals surface area (Å²) in [7, 11) is 3.89. The second-order valence-corrected chi connectivity index (χ2v) is 18.2. The van der Waals surface area contributed by atoms with E-state index in [-0.39, 0.29) is 52.0 Å².